The van der Waals surface area contributed by atoms with Gasteiger partial charge in [-0.1, -0.05) is 12.1 Å². The Labute approximate surface area is 209 Å². The first-order chi connectivity index (χ1) is 17.4. The van der Waals surface area contributed by atoms with Crippen LogP contribution in [-0.2, 0) is 0 Å². The maximum Gasteiger partial charge on any atom is 0.171 e. The Bertz CT molecular complexity index is 1230. The molecular weight excluding hydrogens is 462 g/mol. The molecule has 2 atom stereocenters. The maximum absolute atomic E-state index is 13.4. The van der Waals surface area contributed by atoms with E-state index in [1.54, 1.807) is 24.3 Å². The van der Waals surface area contributed by atoms with Crippen LogP contribution >= 0.6 is 0 Å². The van der Waals surface area contributed by atoms with Gasteiger partial charge < -0.3 is 9.42 Å². The number of piperidine rings is 1. The van der Waals surface area contributed by atoms with Crippen LogP contribution in [0.2, 0.25) is 0 Å². The third-order valence-electron chi connectivity index (χ3n) is 7.65. The molecule has 2 aliphatic rings. The molecule has 2 unspecified atom stereocenters. The Hall–Kier alpha value is -3.19. The van der Waals surface area contributed by atoms with E-state index in [1.165, 1.54) is 24.3 Å². The van der Waals surface area contributed by atoms with Crippen molar-refractivity contribution in [3.8, 4) is 11.3 Å². The molecule has 5 nitrogen and oxygen atoms in total. The third-order valence-corrected chi connectivity index (χ3v) is 7.65. The minimum absolute atomic E-state index is 0.0237. The molecule has 36 heavy (non-hydrogen) atoms. The number of hydrogen-bond acceptors (Lipinski definition) is 5. The van der Waals surface area contributed by atoms with Crippen LogP contribution < -0.4 is 0 Å². The van der Waals surface area contributed by atoms with E-state index in [1.807, 2.05) is 0 Å². The van der Waals surface area contributed by atoms with Crippen LogP contribution in [-0.4, -0.2) is 41.3 Å². The highest BCUT2D eigenvalue weighted by molar-refractivity contribution is 6.04. The molecule has 2 aromatic carbocycles. The maximum atomic E-state index is 13.4. The molecule has 0 amide bonds. The van der Waals surface area contributed by atoms with Gasteiger partial charge in [-0.15, -0.1) is 0 Å². The molecule has 188 valence electrons. The molecule has 2 heterocycles. The van der Waals surface area contributed by atoms with E-state index < -0.39 is 0 Å². The number of Topliss-reactive ketones (excluding diaryl/α,β-unsaturated/α-hetero) is 2. The van der Waals surface area contributed by atoms with Crippen molar-refractivity contribution in [3.63, 3.8) is 0 Å². The summed E-state index contributed by atoms with van der Waals surface area (Å²) in [5.41, 5.74) is 2.30. The number of benzene rings is 2. The van der Waals surface area contributed by atoms with Crippen molar-refractivity contribution < 1.29 is 22.9 Å². The van der Waals surface area contributed by atoms with E-state index in [9.17, 15) is 18.4 Å². The Balaban J connectivity index is 1.15. The number of carbonyl (C=O) groups excluding carboxylic acids is 2. The second-order valence-corrected chi connectivity index (χ2v) is 10.1. The number of carbonyl (C=O) groups is 2. The van der Waals surface area contributed by atoms with Crippen molar-refractivity contribution in [2.75, 3.05) is 19.6 Å². The summed E-state index contributed by atoms with van der Waals surface area (Å²) in [6, 6.07) is 11.8. The van der Waals surface area contributed by atoms with Crippen LogP contribution in [0.3, 0.4) is 0 Å². The minimum Gasteiger partial charge on any atom is -0.360 e. The zero-order valence-electron chi connectivity index (χ0n) is 20.4. The second kappa shape index (κ2) is 10.4. The lowest BCUT2D eigenvalue weighted by molar-refractivity contribution is 0.0822. The minimum atomic E-state index is -0.336. The van der Waals surface area contributed by atoms with Crippen LogP contribution in [0.15, 0.2) is 53.1 Å². The van der Waals surface area contributed by atoms with Crippen molar-refractivity contribution in [2.24, 2.45) is 11.8 Å². The van der Waals surface area contributed by atoms with Gasteiger partial charge in [0.05, 0.1) is 5.56 Å². The van der Waals surface area contributed by atoms with Gasteiger partial charge in [-0.3, -0.25) is 9.59 Å². The summed E-state index contributed by atoms with van der Waals surface area (Å²) in [7, 11) is 0. The lowest BCUT2D eigenvalue weighted by Crippen LogP contribution is -2.37. The third kappa shape index (κ3) is 5.03. The number of halogens is 2. The predicted molar refractivity (Wildman–Crippen MR) is 132 cm³/mol. The fourth-order valence-electron chi connectivity index (χ4n) is 5.61. The van der Waals surface area contributed by atoms with Crippen molar-refractivity contribution in [2.45, 2.75) is 44.9 Å². The van der Waals surface area contributed by atoms with E-state index in [2.05, 4.69) is 17.0 Å². The van der Waals surface area contributed by atoms with Gasteiger partial charge in [-0.25, -0.2) is 8.78 Å². The Morgan fingerprint density at radius 3 is 2.33 bits per heavy atom. The molecule has 0 spiro atoms. The zero-order valence-corrected chi connectivity index (χ0v) is 20.4. The summed E-state index contributed by atoms with van der Waals surface area (Å²) in [5.74, 6) is 0.0936. The van der Waals surface area contributed by atoms with E-state index in [4.69, 9.17) is 4.52 Å². The second-order valence-electron chi connectivity index (χ2n) is 10.1. The van der Waals surface area contributed by atoms with E-state index in [0.717, 1.165) is 51.7 Å². The smallest absolute Gasteiger partial charge is 0.171 e. The van der Waals surface area contributed by atoms with Crippen molar-refractivity contribution in [3.05, 3.63) is 77.1 Å². The van der Waals surface area contributed by atoms with Crippen LogP contribution in [0.1, 0.15) is 71.4 Å². The first kappa shape index (κ1) is 24.5. The van der Waals surface area contributed by atoms with E-state index >= 15 is 0 Å². The fourth-order valence-corrected chi connectivity index (χ4v) is 5.61. The number of hydrogen-bond donors (Lipinski definition) is 0. The van der Waals surface area contributed by atoms with Crippen LogP contribution in [0.5, 0.6) is 0 Å². The van der Waals surface area contributed by atoms with Crippen LogP contribution in [0, 0.1) is 23.5 Å². The van der Waals surface area contributed by atoms with Crippen molar-refractivity contribution >= 4 is 11.6 Å². The monoisotopic (exact) mass is 492 g/mol. The highest BCUT2D eigenvalue weighted by Crippen LogP contribution is 2.41. The van der Waals surface area contributed by atoms with Gasteiger partial charge in [0.1, 0.15) is 17.3 Å². The van der Waals surface area contributed by atoms with Crippen molar-refractivity contribution in [1.29, 1.82) is 0 Å². The van der Waals surface area contributed by atoms with Gasteiger partial charge in [-0.05, 0) is 100 Å². The lowest BCUT2D eigenvalue weighted by Gasteiger charge is -2.32. The zero-order chi connectivity index (χ0) is 25.2. The fraction of sp³-hybridized carbons (Fsp3) is 0.414. The molecule has 1 saturated heterocycles. The molecule has 0 bridgehead atoms. The number of rotatable bonds is 7. The van der Waals surface area contributed by atoms with Gasteiger partial charge >= 0.3 is 0 Å². The summed E-state index contributed by atoms with van der Waals surface area (Å²) >= 11 is 0. The molecule has 0 radical (unpaired) electrons. The van der Waals surface area contributed by atoms with Gasteiger partial charge in [0.15, 0.2) is 17.3 Å². The molecule has 0 N–H and O–H groups in total. The normalized spacial score (nSPS) is 20.9. The molecule has 1 fully saturated rings. The molecule has 1 aliphatic heterocycles. The molecule has 3 aromatic rings. The molecule has 1 aliphatic carbocycles. The van der Waals surface area contributed by atoms with Gasteiger partial charge in [-0.2, -0.15) is 0 Å². The number of fused-ring (bicyclic) bond motifs is 1. The molecule has 5 rings (SSSR count). The SMILES string of the molecule is CC1CC(CCCN2CCC(C(=O)c3ccc(F)cc3)CC2)C(=O)c2c(-c3ccc(F)cc3)noc21. The summed E-state index contributed by atoms with van der Waals surface area (Å²) in [6.07, 6.45) is 4.00. The van der Waals surface area contributed by atoms with Crippen molar-refractivity contribution in [1.82, 2.24) is 10.1 Å². The number of aromatic nitrogens is 1. The number of likely N-dealkylation sites (tertiary alicyclic amines) is 1. The molecule has 7 heteroatoms. The highest BCUT2D eigenvalue weighted by Gasteiger charge is 2.37. The standard InChI is InChI=1S/C29H30F2N2O3/c1-18-17-22(28(35)25-26(32-36-29(18)25)19-4-8-23(30)9-5-19)3-2-14-33-15-12-21(13-16-33)27(34)20-6-10-24(31)11-7-20/h4-11,18,21-22H,2-3,12-17H2,1H3. The molecular formula is C29H30F2N2O3. The van der Waals surface area contributed by atoms with E-state index in [0.29, 0.717) is 28.1 Å². The lowest BCUT2D eigenvalue weighted by atomic mass is 9.77. The summed E-state index contributed by atoms with van der Waals surface area (Å²) in [4.78, 5) is 28.5. The summed E-state index contributed by atoms with van der Waals surface area (Å²) < 4.78 is 32.1. The molecule has 0 saturated carbocycles. The first-order valence-electron chi connectivity index (χ1n) is 12.7. The first-order valence-corrected chi connectivity index (χ1v) is 12.7. The van der Waals surface area contributed by atoms with Crippen LogP contribution in [0.4, 0.5) is 8.78 Å². The molecule has 1 aromatic heterocycles. The average Bonchev–Trinajstić information content (AvgIpc) is 3.34. The van der Waals surface area contributed by atoms with Crippen LogP contribution in [0.25, 0.3) is 11.3 Å². The topological polar surface area (TPSA) is 63.4 Å². The highest BCUT2D eigenvalue weighted by atomic mass is 19.1. The average molecular weight is 493 g/mol. The summed E-state index contributed by atoms with van der Waals surface area (Å²) in [5, 5.41) is 4.16. The summed E-state index contributed by atoms with van der Waals surface area (Å²) in [6.45, 7) is 4.63. The Kier molecular flexibility index (Phi) is 7.10. The largest absolute Gasteiger partial charge is 0.360 e. The number of ketones is 2. The van der Waals surface area contributed by atoms with Gasteiger partial charge in [0, 0.05) is 28.9 Å². The predicted octanol–water partition coefficient (Wildman–Crippen LogP) is 6.30. The quantitative estimate of drug-likeness (QED) is 0.362. The Morgan fingerprint density at radius 2 is 1.67 bits per heavy atom. The Morgan fingerprint density at radius 1 is 1.03 bits per heavy atom. The van der Waals surface area contributed by atoms with Gasteiger partial charge in [0.2, 0.25) is 0 Å². The van der Waals surface area contributed by atoms with E-state index in [-0.39, 0.29) is 41.0 Å². The number of nitrogens with zero attached hydrogens (tertiary/aromatic N) is 2. The van der Waals surface area contributed by atoms with Gasteiger partial charge in [0.25, 0.3) is 0 Å².